The zero-order chi connectivity index (χ0) is 13.8. The summed E-state index contributed by atoms with van der Waals surface area (Å²) in [5.74, 6) is 0. The summed E-state index contributed by atoms with van der Waals surface area (Å²) >= 11 is 0. The van der Waals surface area contributed by atoms with E-state index >= 15 is 0 Å². The molecule has 0 aliphatic carbocycles. The fourth-order valence-electron chi connectivity index (χ4n) is 1.57. The highest BCUT2D eigenvalue weighted by Crippen LogP contribution is 2.34. The van der Waals surface area contributed by atoms with Crippen LogP contribution in [0.2, 0.25) is 0 Å². The van der Waals surface area contributed by atoms with E-state index in [4.69, 9.17) is 5.26 Å². The lowest BCUT2D eigenvalue weighted by Crippen LogP contribution is -2.25. The molecule has 96 valence electrons. The molecule has 0 fully saturated rings. The number of rotatable bonds is 4. The highest BCUT2D eigenvalue weighted by atomic mass is 19.4. The van der Waals surface area contributed by atoms with Gasteiger partial charge in [0.15, 0.2) is 0 Å². The summed E-state index contributed by atoms with van der Waals surface area (Å²) in [6.07, 6.45) is -3.96. The summed E-state index contributed by atoms with van der Waals surface area (Å²) in [4.78, 5) is 11.9. The van der Waals surface area contributed by atoms with Gasteiger partial charge in [-0.2, -0.15) is 18.4 Å². The van der Waals surface area contributed by atoms with Crippen molar-refractivity contribution in [1.82, 2.24) is 0 Å². The standard InChI is InChI=1S/C12H11F3N2O/c1-2-17(5-6-18)10-4-3-9(8-16)11(7-10)12(13,14)15/h3-4,6-7H,2,5H2,1H3. The van der Waals surface area contributed by atoms with E-state index in [1.807, 2.05) is 0 Å². The first-order chi connectivity index (χ1) is 8.43. The highest BCUT2D eigenvalue weighted by Gasteiger charge is 2.34. The smallest absolute Gasteiger partial charge is 0.365 e. The van der Waals surface area contributed by atoms with Crippen LogP contribution in [0.3, 0.4) is 0 Å². The largest absolute Gasteiger partial charge is 0.417 e. The van der Waals surface area contributed by atoms with Crippen LogP contribution < -0.4 is 4.90 Å². The van der Waals surface area contributed by atoms with Crippen molar-refractivity contribution in [3.8, 4) is 6.07 Å². The Hall–Kier alpha value is -2.03. The van der Waals surface area contributed by atoms with Gasteiger partial charge in [0.2, 0.25) is 0 Å². The van der Waals surface area contributed by atoms with E-state index in [-0.39, 0.29) is 12.2 Å². The van der Waals surface area contributed by atoms with Crippen LogP contribution in [0.5, 0.6) is 0 Å². The maximum atomic E-state index is 12.7. The highest BCUT2D eigenvalue weighted by molar-refractivity contribution is 5.63. The number of likely N-dealkylation sites (N-methyl/N-ethyl adjacent to an activating group) is 1. The molecule has 3 nitrogen and oxygen atoms in total. The molecule has 6 heteroatoms. The van der Waals surface area contributed by atoms with E-state index < -0.39 is 17.3 Å². The van der Waals surface area contributed by atoms with Crippen molar-refractivity contribution < 1.29 is 18.0 Å². The monoisotopic (exact) mass is 256 g/mol. The van der Waals surface area contributed by atoms with Crippen molar-refractivity contribution in [2.24, 2.45) is 0 Å². The number of alkyl halides is 3. The van der Waals surface area contributed by atoms with Crippen molar-refractivity contribution in [2.75, 3.05) is 18.0 Å². The van der Waals surface area contributed by atoms with Gasteiger partial charge in [-0.25, -0.2) is 0 Å². The fraction of sp³-hybridized carbons (Fsp3) is 0.333. The van der Waals surface area contributed by atoms with Crippen LogP contribution in [-0.2, 0) is 11.0 Å². The average molecular weight is 256 g/mol. The predicted octanol–water partition coefficient (Wildman–Crippen LogP) is 2.60. The van der Waals surface area contributed by atoms with E-state index in [1.54, 1.807) is 6.92 Å². The van der Waals surface area contributed by atoms with Gasteiger partial charge in [0.1, 0.15) is 6.29 Å². The van der Waals surface area contributed by atoms with Crippen molar-refractivity contribution in [1.29, 1.82) is 5.26 Å². The number of benzene rings is 1. The van der Waals surface area contributed by atoms with Crippen LogP contribution in [0, 0.1) is 11.3 Å². The molecule has 0 heterocycles. The second-order valence-corrected chi connectivity index (χ2v) is 3.54. The first-order valence-corrected chi connectivity index (χ1v) is 5.24. The number of nitriles is 1. The Bertz CT molecular complexity index is 477. The number of hydrogen-bond donors (Lipinski definition) is 0. The minimum absolute atomic E-state index is 0.0136. The minimum atomic E-state index is -4.58. The van der Waals surface area contributed by atoms with E-state index in [9.17, 15) is 18.0 Å². The van der Waals surface area contributed by atoms with Crippen LogP contribution in [-0.4, -0.2) is 19.4 Å². The molecule has 0 bridgehead atoms. The van der Waals surface area contributed by atoms with Gasteiger partial charge in [-0.05, 0) is 25.1 Å². The molecule has 1 rings (SSSR count). The molecule has 0 unspecified atom stereocenters. The molecule has 0 saturated carbocycles. The molecule has 0 aromatic heterocycles. The van der Waals surface area contributed by atoms with Gasteiger partial charge < -0.3 is 9.69 Å². The number of hydrogen-bond acceptors (Lipinski definition) is 3. The molecule has 0 N–H and O–H groups in total. The maximum absolute atomic E-state index is 12.7. The number of carbonyl (C=O) groups is 1. The van der Waals surface area contributed by atoms with Gasteiger partial charge in [-0.3, -0.25) is 0 Å². The molecule has 0 spiro atoms. The number of halogens is 3. The zero-order valence-electron chi connectivity index (χ0n) is 9.66. The van der Waals surface area contributed by atoms with Crippen molar-refractivity contribution in [2.45, 2.75) is 13.1 Å². The van der Waals surface area contributed by atoms with E-state index in [0.29, 0.717) is 12.8 Å². The minimum Gasteiger partial charge on any atom is -0.365 e. The summed E-state index contributed by atoms with van der Waals surface area (Å²) in [6.45, 7) is 2.15. The molecular weight excluding hydrogens is 245 g/mol. The Labute approximate surface area is 102 Å². The lowest BCUT2D eigenvalue weighted by atomic mass is 10.1. The molecule has 1 aromatic rings. The quantitative estimate of drug-likeness (QED) is 0.778. The van der Waals surface area contributed by atoms with Crippen LogP contribution in [0.1, 0.15) is 18.1 Å². The Morgan fingerprint density at radius 2 is 2.11 bits per heavy atom. The summed E-state index contributed by atoms with van der Waals surface area (Å²) in [6, 6.07) is 4.92. The van der Waals surface area contributed by atoms with Crippen LogP contribution in [0.15, 0.2) is 18.2 Å². The number of aldehydes is 1. The third kappa shape index (κ3) is 3.00. The summed E-state index contributed by atoms with van der Waals surface area (Å²) < 4.78 is 38.2. The summed E-state index contributed by atoms with van der Waals surface area (Å²) in [7, 11) is 0. The molecule has 0 radical (unpaired) electrons. The van der Waals surface area contributed by atoms with Crippen LogP contribution >= 0.6 is 0 Å². The summed E-state index contributed by atoms with van der Waals surface area (Å²) in [5.41, 5.74) is -1.13. The first-order valence-electron chi connectivity index (χ1n) is 5.24. The van der Waals surface area contributed by atoms with E-state index in [0.717, 1.165) is 12.1 Å². The molecular formula is C12H11F3N2O. The van der Waals surface area contributed by atoms with Gasteiger partial charge in [0, 0.05) is 12.2 Å². The molecule has 0 aliphatic heterocycles. The van der Waals surface area contributed by atoms with Gasteiger partial charge >= 0.3 is 6.18 Å². The molecule has 1 aromatic carbocycles. The maximum Gasteiger partial charge on any atom is 0.417 e. The third-order valence-corrected chi connectivity index (χ3v) is 2.47. The normalized spacial score (nSPS) is 10.8. The Balaban J connectivity index is 3.26. The van der Waals surface area contributed by atoms with E-state index in [2.05, 4.69) is 0 Å². The number of nitrogens with zero attached hydrogens (tertiary/aromatic N) is 2. The molecule has 0 aliphatic rings. The molecule has 0 saturated heterocycles. The average Bonchev–Trinajstić information content (AvgIpc) is 2.34. The summed E-state index contributed by atoms with van der Waals surface area (Å²) in [5, 5.41) is 8.65. The molecule has 0 atom stereocenters. The molecule has 18 heavy (non-hydrogen) atoms. The Morgan fingerprint density at radius 1 is 1.44 bits per heavy atom. The van der Waals surface area contributed by atoms with Gasteiger partial charge in [0.05, 0.1) is 23.7 Å². The zero-order valence-corrected chi connectivity index (χ0v) is 9.66. The SMILES string of the molecule is CCN(CC=O)c1ccc(C#N)c(C(F)(F)F)c1. The van der Waals surface area contributed by atoms with Crippen LogP contribution in [0.4, 0.5) is 18.9 Å². The van der Waals surface area contributed by atoms with Crippen molar-refractivity contribution >= 4 is 12.0 Å². The van der Waals surface area contributed by atoms with E-state index in [1.165, 1.54) is 17.0 Å². The Morgan fingerprint density at radius 3 is 2.56 bits per heavy atom. The Kier molecular flexibility index (Phi) is 4.32. The van der Waals surface area contributed by atoms with Gasteiger partial charge in [-0.15, -0.1) is 0 Å². The first kappa shape index (κ1) is 14.0. The van der Waals surface area contributed by atoms with Crippen molar-refractivity contribution in [3.63, 3.8) is 0 Å². The number of anilines is 1. The van der Waals surface area contributed by atoms with Crippen LogP contribution in [0.25, 0.3) is 0 Å². The molecule has 0 amide bonds. The fourth-order valence-corrected chi connectivity index (χ4v) is 1.57. The lowest BCUT2D eigenvalue weighted by Gasteiger charge is -2.21. The topological polar surface area (TPSA) is 44.1 Å². The second-order valence-electron chi connectivity index (χ2n) is 3.54. The van der Waals surface area contributed by atoms with Crippen molar-refractivity contribution in [3.05, 3.63) is 29.3 Å². The second kappa shape index (κ2) is 5.54. The number of carbonyl (C=O) groups excluding carboxylic acids is 1. The third-order valence-electron chi connectivity index (χ3n) is 2.47. The lowest BCUT2D eigenvalue weighted by molar-refractivity contribution is -0.137. The van der Waals surface area contributed by atoms with Gasteiger partial charge in [-0.1, -0.05) is 0 Å². The predicted molar refractivity (Wildman–Crippen MR) is 60.1 cm³/mol. The van der Waals surface area contributed by atoms with Gasteiger partial charge in [0.25, 0.3) is 0 Å².